The van der Waals surface area contributed by atoms with Gasteiger partial charge in [-0.3, -0.25) is 4.79 Å². The van der Waals surface area contributed by atoms with Gasteiger partial charge in [0, 0.05) is 51.0 Å². The highest BCUT2D eigenvalue weighted by molar-refractivity contribution is 7.88. The number of sulfonamides is 1. The minimum Gasteiger partial charge on any atom is -0.372 e. The Bertz CT molecular complexity index is 721. The van der Waals surface area contributed by atoms with Crippen molar-refractivity contribution in [3.63, 3.8) is 0 Å². The van der Waals surface area contributed by atoms with Crippen LogP contribution in [-0.2, 0) is 26.0 Å². The molecule has 0 aromatic carbocycles. The molecule has 0 unspecified atom stereocenters. The van der Waals surface area contributed by atoms with Crippen LogP contribution in [-0.4, -0.2) is 79.3 Å². The van der Waals surface area contributed by atoms with Crippen LogP contribution in [0.2, 0.25) is 0 Å². The average Bonchev–Trinajstić information content (AvgIpc) is 3.03. The number of nitrogens with zero attached hydrogens (tertiary/aromatic N) is 4. The third-order valence-electron chi connectivity index (χ3n) is 4.97. The Balaban J connectivity index is 1.44. The molecular formula is C16H26N4O5S. The highest BCUT2D eigenvalue weighted by atomic mass is 32.2. The molecule has 9 nitrogen and oxygen atoms in total. The first-order valence-corrected chi connectivity index (χ1v) is 10.8. The topological polar surface area (TPSA) is 106 Å². The zero-order chi connectivity index (χ0) is 18.7. The first kappa shape index (κ1) is 19.2. The maximum absolute atomic E-state index is 11.8. The number of piperidine rings is 1. The van der Waals surface area contributed by atoms with E-state index in [-0.39, 0.29) is 18.4 Å². The molecule has 2 saturated heterocycles. The van der Waals surface area contributed by atoms with E-state index >= 15 is 0 Å². The summed E-state index contributed by atoms with van der Waals surface area (Å²) in [6, 6.07) is 0. The number of hydrogen-bond acceptors (Lipinski definition) is 7. The van der Waals surface area contributed by atoms with E-state index in [1.165, 1.54) is 10.6 Å². The second-order valence-electron chi connectivity index (χ2n) is 6.99. The van der Waals surface area contributed by atoms with Crippen LogP contribution < -0.4 is 0 Å². The van der Waals surface area contributed by atoms with Gasteiger partial charge in [-0.15, -0.1) is 0 Å². The average molecular weight is 386 g/mol. The van der Waals surface area contributed by atoms with Gasteiger partial charge in [-0.25, -0.2) is 12.7 Å². The van der Waals surface area contributed by atoms with Crippen molar-refractivity contribution in [3.8, 4) is 0 Å². The molecule has 1 amide bonds. The smallest absolute Gasteiger partial charge is 0.248 e. The molecule has 0 saturated carbocycles. The van der Waals surface area contributed by atoms with E-state index in [9.17, 15) is 13.2 Å². The quantitative estimate of drug-likeness (QED) is 0.661. The van der Waals surface area contributed by atoms with Crippen LogP contribution in [0.3, 0.4) is 0 Å². The zero-order valence-corrected chi connectivity index (χ0v) is 16.1. The summed E-state index contributed by atoms with van der Waals surface area (Å²) in [6.07, 6.45) is 3.30. The van der Waals surface area contributed by atoms with E-state index in [4.69, 9.17) is 9.26 Å². The number of aromatic nitrogens is 2. The van der Waals surface area contributed by atoms with Crippen molar-refractivity contribution in [2.45, 2.75) is 32.1 Å². The molecule has 146 valence electrons. The van der Waals surface area contributed by atoms with E-state index in [0.29, 0.717) is 69.7 Å². The van der Waals surface area contributed by atoms with Crippen molar-refractivity contribution in [1.82, 2.24) is 19.3 Å². The summed E-state index contributed by atoms with van der Waals surface area (Å²) >= 11 is 0. The van der Waals surface area contributed by atoms with E-state index in [1.54, 1.807) is 4.90 Å². The molecule has 10 heteroatoms. The molecule has 0 spiro atoms. The maximum atomic E-state index is 11.8. The van der Waals surface area contributed by atoms with E-state index < -0.39 is 10.0 Å². The molecule has 2 fully saturated rings. The lowest BCUT2D eigenvalue weighted by Crippen LogP contribution is -2.52. The van der Waals surface area contributed by atoms with Gasteiger partial charge in [-0.2, -0.15) is 4.98 Å². The molecule has 0 radical (unpaired) electrons. The van der Waals surface area contributed by atoms with Crippen LogP contribution in [0, 0.1) is 5.92 Å². The summed E-state index contributed by atoms with van der Waals surface area (Å²) in [7, 11) is -3.13. The maximum Gasteiger partial charge on any atom is 0.248 e. The normalized spacial score (nSPS) is 20.3. The second-order valence-corrected chi connectivity index (χ2v) is 8.97. The summed E-state index contributed by atoms with van der Waals surface area (Å²) in [5.74, 6) is 1.74. The molecule has 1 aromatic rings. The molecule has 0 bridgehead atoms. The minimum absolute atomic E-state index is 0.0203. The molecule has 1 aromatic heterocycles. The number of amides is 1. The number of rotatable bonds is 7. The van der Waals surface area contributed by atoms with Crippen molar-refractivity contribution in [3.05, 3.63) is 11.7 Å². The number of ether oxygens (including phenoxy) is 1. The standard InChI is InChI=1S/C16H26N4O5S/c1-3-24-11-15(21)19-9-12(10-19)8-14-17-16(18-25-14)13-4-6-20(7-5-13)26(2,22)23/h12-13H,3-11H2,1-2H3. The first-order chi connectivity index (χ1) is 12.4. The van der Waals surface area contributed by atoms with Gasteiger partial charge < -0.3 is 14.2 Å². The van der Waals surface area contributed by atoms with Crippen molar-refractivity contribution >= 4 is 15.9 Å². The zero-order valence-electron chi connectivity index (χ0n) is 15.3. The molecular weight excluding hydrogens is 360 g/mol. The highest BCUT2D eigenvalue weighted by Gasteiger charge is 2.33. The Morgan fingerprint density at radius 2 is 2.00 bits per heavy atom. The van der Waals surface area contributed by atoms with Gasteiger partial charge in [0.1, 0.15) is 6.61 Å². The van der Waals surface area contributed by atoms with Crippen LogP contribution in [0.4, 0.5) is 0 Å². The van der Waals surface area contributed by atoms with Gasteiger partial charge in [0.15, 0.2) is 5.82 Å². The van der Waals surface area contributed by atoms with Crippen molar-refractivity contribution in [2.24, 2.45) is 5.92 Å². The molecule has 3 rings (SSSR count). The summed E-state index contributed by atoms with van der Waals surface area (Å²) in [5, 5.41) is 4.08. The number of carbonyl (C=O) groups excluding carboxylic acids is 1. The lowest BCUT2D eigenvalue weighted by atomic mass is 9.96. The van der Waals surface area contributed by atoms with E-state index in [0.717, 1.165) is 0 Å². The number of hydrogen-bond donors (Lipinski definition) is 0. The third kappa shape index (κ3) is 4.60. The molecule has 0 N–H and O–H groups in total. The Labute approximate surface area is 153 Å². The van der Waals surface area contributed by atoms with Crippen LogP contribution >= 0.6 is 0 Å². The minimum atomic E-state index is -3.13. The molecule has 3 heterocycles. The number of likely N-dealkylation sites (tertiary alicyclic amines) is 1. The Morgan fingerprint density at radius 3 is 2.62 bits per heavy atom. The van der Waals surface area contributed by atoms with E-state index in [1.807, 2.05) is 6.92 Å². The fraction of sp³-hybridized carbons (Fsp3) is 0.812. The van der Waals surface area contributed by atoms with Crippen LogP contribution in [0.1, 0.15) is 37.4 Å². The second kappa shape index (κ2) is 8.01. The van der Waals surface area contributed by atoms with E-state index in [2.05, 4.69) is 10.1 Å². The summed E-state index contributed by atoms with van der Waals surface area (Å²) in [5.41, 5.74) is 0. The van der Waals surface area contributed by atoms with Gasteiger partial charge in [-0.05, 0) is 19.8 Å². The fourth-order valence-electron chi connectivity index (χ4n) is 3.39. The Hall–Kier alpha value is -1.52. The van der Waals surface area contributed by atoms with Crippen molar-refractivity contribution in [2.75, 3.05) is 45.6 Å². The largest absolute Gasteiger partial charge is 0.372 e. The fourth-order valence-corrected chi connectivity index (χ4v) is 4.27. The Kier molecular flexibility index (Phi) is 5.93. The lowest BCUT2D eigenvalue weighted by molar-refractivity contribution is -0.142. The van der Waals surface area contributed by atoms with Crippen molar-refractivity contribution in [1.29, 1.82) is 0 Å². The predicted molar refractivity (Wildman–Crippen MR) is 93.0 cm³/mol. The molecule has 0 atom stereocenters. The highest BCUT2D eigenvalue weighted by Crippen LogP contribution is 2.28. The number of carbonyl (C=O) groups is 1. The van der Waals surface area contributed by atoms with Gasteiger partial charge in [-0.1, -0.05) is 5.16 Å². The SMILES string of the molecule is CCOCC(=O)N1CC(Cc2nc(C3CCN(S(C)(=O)=O)CC3)no2)C1. The van der Waals surface area contributed by atoms with Gasteiger partial charge in [0.2, 0.25) is 21.8 Å². The third-order valence-corrected chi connectivity index (χ3v) is 6.28. The van der Waals surface area contributed by atoms with Crippen LogP contribution in [0.5, 0.6) is 0 Å². The lowest BCUT2D eigenvalue weighted by Gasteiger charge is -2.38. The van der Waals surface area contributed by atoms with Crippen LogP contribution in [0.15, 0.2) is 4.52 Å². The molecule has 2 aliphatic rings. The summed E-state index contributed by atoms with van der Waals surface area (Å²) < 4.78 is 35.1. The van der Waals surface area contributed by atoms with Crippen molar-refractivity contribution < 1.29 is 22.5 Å². The van der Waals surface area contributed by atoms with Gasteiger partial charge in [0.25, 0.3) is 0 Å². The summed E-state index contributed by atoms with van der Waals surface area (Å²) in [6.45, 7) is 4.91. The summed E-state index contributed by atoms with van der Waals surface area (Å²) in [4.78, 5) is 18.1. The molecule has 0 aliphatic carbocycles. The predicted octanol–water partition coefficient (Wildman–Crippen LogP) is 0.246. The monoisotopic (exact) mass is 386 g/mol. The first-order valence-electron chi connectivity index (χ1n) is 9.00. The molecule has 2 aliphatic heterocycles. The van der Waals surface area contributed by atoms with Gasteiger partial charge >= 0.3 is 0 Å². The molecule has 26 heavy (non-hydrogen) atoms. The van der Waals surface area contributed by atoms with Gasteiger partial charge in [0.05, 0.1) is 6.26 Å². The Morgan fingerprint density at radius 1 is 1.31 bits per heavy atom. The van der Waals surface area contributed by atoms with Crippen LogP contribution in [0.25, 0.3) is 0 Å².